The lowest BCUT2D eigenvalue weighted by Crippen LogP contribution is -2.22. The van der Waals surface area contributed by atoms with E-state index in [4.69, 9.17) is 11.6 Å². The highest BCUT2D eigenvalue weighted by molar-refractivity contribution is 6.17. The zero-order chi connectivity index (χ0) is 13.6. The van der Waals surface area contributed by atoms with Gasteiger partial charge in [-0.3, -0.25) is 0 Å². The molecule has 1 rings (SSSR count). The fourth-order valence-electron chi connectivity index (χ4n) is 1.41. The van der Waals surface area contributed by atoms with E-state index in [1.54, 1.807) is 11.9 Å². The molecule has 0 atom stereocenters. The molecular formula is C11H15ClF3N3. The second kappa shape index (κ2) is 6.78. The number of hydrogen-bond donors (Lipinski definition) is 0. The number of nitrogens with zero attached hydrogens (tertiary/aromatic N) is 3. The Hall–Kier alpha value is -1.04. The van der Waals surface area contributed by atoms with Crippen LogP contribution in [0.3, 0.4) is 0 Å². The van der Waals surface area contributed by atoms with Crippen LogP contribution < -0.4 is 4.90 Å². The molecule has 0 bridgehead atoms. The molecule has 0 saturated heterocycles. The number of hydrogen-bond acceptors (Lipinski definition) is 3. The van der Waals surface area contributed by atoms with Crippen molar-refractivity contribution in [3.63, 3.8) is 0 Å². The van der Waals surface area contributed by atoms with Crippen LogP contribution in [-0.4, -0.2) is 29.4 Å². The van der Waals surface area contributed by atoms with Crippen LogP contribution in [-0.2, 0) is 6.18 Å². The summed E-state index contributed by atoms with van der Waals surface area (Å²) in [6.07, 6.45) is -0.619. The minimum absolute atomic E-state index is 0.0932. The number of unbranched alkanes of at least 4 members (excludes halogenated alkanes) is 2. The molecule has 0 unspecified atom stereocenters. The molecule has 3 nitrogen and oxygen atoms in total. The minimum Gasteiger partial charge on any atom is -0.344 e. The maximum absolute atomic E-state index is 12.5. The van der Waals surface area contributed by atoms with E-state index >= 15 is 0 Å². The lowest BCUT2D eigenvalue weighted by molar-refractivity contribution is -0.141. The van der Waals surface area contributed by atoms with Gasteiger partial charge in [0.2, 0.25) is 5.95 Å². The highest BCUT2D eigenvalue weighted by atomic mass is 35.5. The van der Waals surface area contributed by atoms with E-state index in [0.717, 1.165) is 31.5 Å². The Labute approximate surface area is 109 Å². The van der Waals surface area contributed by atoms with Gasteiger partial charge in [0.25, 0.3) is 0 Å². The molecule has 0 aliphatic heterocycles. The van der Waals surface area contributed by atoms with Crippen LogP contribution in [0, 0.1) is 0 Å². The Balaban J connectivity index is 2.60. The van der Waals surface area contributed by atoms with Crippen LogP contribution in [0.5, 0.6) is 0 Å². The fraction of sp³-hybridized carbons (Fsp3) is 0.636. The van der Waals surface area contributed by atoms with E-state index < -0.39 is 11.9 Å². The summed E-state index contributed by atoms with van der Waals surface area (Å²) >= 11 is 5.54. The van der Waals surface area contributed by atoms with E-state index in [1.807, 2.05) is 0 Å². The topological polar surface area (TPSA) is 29.0 Å². The van der Waals surface area contributed by atoms with Crippen LogP contribution in [0.25, 0.3) is 0 Å². The molecule has 1 aromatic heterocycles. The first-order chi connectivity index (χ1) is 8.45. The van der Waals surface area contributed by atoms with Gasteiger partial charge in [0.15, 0.2) is 0 Å². The van der Waals surface area contributed by atoms with Gasteiger partial charge in [-0.15, -0.1) is 11.6 Å². The zero-order valence-corrected chi connectivity index (χ0v) is 10.8. The molecule has 102 valence electrons. The number of anilines is 1. The van der Waals surface area contributed by atoms with Gasteiger partial charge in [-0.05, 0) is 18.9 Å². The fourth-order valence-corrected chi connectivity index (χ4v) is 1.60. The van der Waals surface area contributed by atoms with E-state index in [2.05, 4.69) is 9.97 Å². The third kappa shape index (κ3) is 4.68. The van der Waals surface area contributed by atoms with Crippen molar-refractivity contribution in [2.45, 2.75) is 25.4 Å². The summed E-state index contributed by atoms with van der Waals surface area (Å²) in [5, 5.41) is 0. The molecule has 0 saturated carbocycles. The van der Waals surface area contributed by atoms with E-state index in [0.29, 0.717) is 12.4 Å². The molecule has 0 amide bonds. The summed E-state index contributed by atoms with van der Waals surface area (Å²) in [6.45, 7) is 0.609. The van der Waals surface area contributed by atoms with Crippen LogP contribution in [0.1, 0.15) is 25.0 Å². The molecule has 7 heteroatoms. The Morgan fingerprint density at radius 1 is 1.28 bits per heavy atom. The summed E-state index contributed by atoms with van der Waals surface area (Å²) < 4.78 is 37.4. The van der Waals surface area contributed by atoms with Crippen LogP contribution in [0.4, 0.5) is 19.1 Å². The Bertz CT molecular complexity index is 371. The van der Waals surface area contributed by atoms with Gasteiger partial charge >= 0.3 is 6.18 Å². The zero-order valence-electron chi connectivity index (χ0n) is 10.0. The average molecular weight is 282 g/mol. The molecule has 1 aromatic rings. The number of halogens is 4. The maximum atomic E-state index is 12.5. The van der Waals surface area contributed by atoms with Crippen molar-refractivity contribution < 1.29 is 13.2 Å². The van der Waals surface area contributed by atoms with Gasteiger partial charge in [-0.1, -0.05) is 6.42 Å². The maximum Gasteiger partial charge on any atom is 0.433 e. The second-order valence-electron chi connectivity index (χ2n) is 3.91. The van der Waals surface area contributed by atoms with Gasteiger partial charge in [0, 0.05) is 25.7 Å². The van der Waals surface area contributed by atoms with Gasteiger partial charge in [0.1, 0.15) is 5.69 Å². The summed E-state index contributed by atoms with van der Waals surface area (Å²) in [5.74, 6) is 0.694. The molecule has 0 aromatic carbocycles. The third-order valence-electron chi connectivity index (χ3n) is 2.40. The van der Waals surface area contributed by atoms with Crippen LogP contribution in [0.2, 0.25) is 0 Å². The van der Waals surface area contributed by atoms with Crippen LogP contribution in [0.15, 0.2) is 12.3 Å². The normalized spacial score (nSPS) is 11.6. The number of alkyl halides is 4. The summed E-state index contributed by atoms with van der Waals surface area (Å²) in [7, 11) is 1.68. The highest BCUT2D eigenvalue weighted by Gasteiger charge is 2.33. The quantitative estimate of drug-likeness (QED) is 0.591. The van der Waals surface area contributed by atoms with Crippen molar-refractivity contribution in [3.05, 3.63) is 18.0 Å². The molecule has 0 aliphatic carbocycles. The van der Waals surface area contributed by atoms with Crippen molar-refractivity contribution in [2.24, 2.45) is 0 Å². The van der Waals surface area contributed by atoms with E-state index in [1.165, 1.54) is 0 Å². The molecule has 1 heterocycles. The predicted octanol–water partition coefficient (Wildman–Crippen LogP) is 3.34. The largest absolute Gasteiger partial charge is 0.433 e. The van der Waals surface area contributed by atoms with Crippen molar-refractivity contribution in [3.8, 4) is 0 Å². The monoisotopic (exact) mass is 281 g/mol. The van der Waals surface area contributed by atoms with Gasteiger partial charge < -0.3 is 4.90 Å². The third-order valence-corrected chi connectivity index (χ3v) is 2.67. The molecule has 0 spiro atoms. The molecule has 0 N–H and O–H groups in total. The van der Waals surface area contributed by atoms with Gasteiger partial charge in [0.05, 0.1) is 0 Å². The number of aromatic nitrogens is 2. The standard InChI is InChI=1S/C11H15ClF3N3/c1-18(8-4-2-3-6-12)10-16-7-5-9(17-10)11(13,14)15/h5,7H,2-4,6,8H2,1H3. The molecule has 18 heavy (non-hydrogen) atoms. The van der Waals surface area contributed by atoms with Crippen molar-refractivity contribution in [2.75, 3.05) is 24.4 Å². The lowest BCUT2D eigenvalue weighted by atomic mass is 10.2. The van der Waals surface area contributed by atoms with Crippen molar-refractivity contribution in [1.29, 1.82) is 0 Å². The van der Waals surface area contributed by atoms with E-state index in [-0.39, 0.29) is 5.95 Å². The highest BCUT2D eigenvalue weighted by Crippen LogP contribution is 2.27. The van der Waals surface area contributed by atoms with Gasteiger partial charge in [-0.2, -0.15) is 13.2 Å². The van der Waals surface area contributed by atoms with E-state index in [9.17, 15) is 13.2 Å². The molecule has 0 fully saturated rings. The first kappa shape index (κ1) is 15.0. The van der Waals surface area contributed by atoms with Gasteiger partial charge in [-0.25, -0.2) is 9.97 Å². The van der Waals surface area contributed by atoms with Crippen LogP contribution >= 0.6 is 11.6 Å². The first-order valence-electron chi connectivity index (χ1n) is 5.62. The summed E-state index contributed by atoms with van der Waals surface area (Å²) in [6, 6.07) is 0.866. The Morgan fingerprint density at radius 3 is 2.61 bits per heavy atom. The Kier molecular flexibility index (Phi) is 5.65. The first-order valence-corrected chi connectivity index (χ1v) is 6.16. The molecule has 0 radical (unpaired) electrons. The number of rotatable bonds is 6. The van der Waals surface area contributed by atoms with Crippen molar-refractivity contribution >= 4 is 17.5 Å². The SMILES string of the molecule is CN(CCCCCCl)c1nccc(C(F)(F)F)n1. The molecular weight excluding hydrogens is 267 g/mol. The smallest absolute Gasteiger partial charge is 0.344 e. The molecule has 0 aliphatic rings. The second-order valence-corrected chi connectivity index (χ2v) is 4.29. The van der Waals surface area contributed by atoms with Crippen molar-refractivity contribution in [1.82, 2.24) is 9.97 Å². The summed E-state index contributed by atoms with van der Waals surface area (Å²) in [5.41, 5.74) is -0.917. The Morgan fingerprint density at radius 2 is 2.00 bits per heavy atom. The average Bonchev–Trinajstić information content (AvgIpc) is 2.33. The summed E-state index contributed by atoms with van der Waals surface area (Å²) in [4.78, 5) is 8.96. The predicted molar refractivity (Wildman–Crippen MR) is 64.9 cm³/mol. The lowest BCUT2D eigenvalue weighted by Gasteiger charge is -2.17. The minimum atomic E-state index is -4.43.